The van der Waals surface area contributed by atoms with Gasteiger partial charge in [0, 0.05) is 80.2 Å². The second-order valence-electron chi connectivity index (χ2n) is 12.9. The highest BCUT2D eigenvalue weighted by molar-refractivity contribution is 6.36. The lowest BCUT2D eigenvalue weighted by molar-refractivity contribution is -0.120. The topological polar surface area (TPSA) is 117 Å². The standard InChI is InChI=1S/C39H39ClN6O3/c1-24-31(27-16-17-46-35(18-27)43-21-28(39(46)49)20-42-23-30-13-15-37(48)45-30)4-2-5-32(24)34-7-3-6-33(38(34)40)26-10-8-25(9-11-26)19-41-22-29-12-14-36(47)44-29/h2-11,16-18,21,29-30,41-42H,12-15,19-20,22-23H2,1H3,(H,44,47)(H,45,48)/t29-,30+/m1/s1. The summed E-state index contributed by atoms with van der Waals surface area (Å²) < 4.78 is 1.58. The fraction of sp³-hybridized carbons (Fsp3) is 0.282. The van der Waals surface area contributed by atoms with Crippen molar-refractivity contribution in [3.8, 4) is 33.4 Å². The van der Waals surface area contributed by atoms with Gasteiger partial charge >= 0.3 is 0 Å². The van der Waals surface area contributed by atoms with Crippen LogP contribution in [0.5, 0.6) is 0 Å². The molecule has 0 radical (unpaired) electrons. The lowest BCUT2D eigenvalue weighted by atomic mass is 9.91. The van der Waals surface area contributed by atoms with Gasteiger partial charge in [0.2, 0.25) is 11.8 Å². The van der Waals surface area contributed by atoms with Crippen LogP contribution < -0.4 is 26.8 Å². The Balaban J connectivity index is 1.07. The highest BCUT2D eigenvalue weighted by Gasteiger charge is 2.21. The number of aromatic nitrogens is 2. The first-order valence-corrected chi connectivity index (χ1v) is 17.2. The van der Waals surface area contributed by atoms with Crippen molar-refractivity contribution in [3.63, 3.8) is 0 Å². The van der Waals surface area contributed by atoms with Crippen molar-refractivity contribution in [1.29, 1.82) is 0 Å². The minimum Gasteiger partial charge on any atom is -0.352 e. The summed E-state index contributed by atoms with van der Waals surface area (Å²) in [6.45, 7) is 4.58. The number of halogens is 1. The zero-order chi connectivity index (χ0) is 33.9. The smallest absolute Gasteiger partial charge is 0.262 e. The summed E-state index contributed by atoms with van der Waals surface area (Å²) in [5, 5.41) is 13.3. The Kier molecular flexibility index (Phi) is 9.57. The SMILES string of the molecule is Cc1c(-c2ccn3c(=O)c(CNC[C@@H]4CCC(=O)N4)cnc3c2)cccc1-c1cccc(-c2ccc(CNC[C@H]3CCC(=O)N3)cc2)c1Cl. The monoisotopic (exact) mass is 674 g/mol. The Labute approximate surface area is 290 Å². The van der Waals surface area contributed by atoms with Gasteiger partial charge in [-0.2, -0.15) is 0 Å². The van der Waals surface area contributed by atoms with Crippen molar-refractivity contribution in [2.45, 2.75) is 57.8 Å². The molecule has 0 aliphatic carbocycles. The predicted octanol–water partition coefficient (Wildman–Crippen LogP) is 5.39. The average molecular weight is 675 g/mol. The number of pyridine rings is 1. The Bertz CT molecular complexity index is 2090. The predicted molar refractivity (Wildman–Crippen MR) is 193 cm³/mol. The van der Waals surface area contributed by atoms with Gasteiger partial charge in [0.1, 0.15) is 5.65 Å². The molecule has 0 unspecified atom stereocenters. The van der Waals surface area contributed by atoms with Crippen molar-refractivity contribution < 1.29 is 9.59 Å². The van der Waals surface area contributed by atoms with Gasteiger partial charge in [-0.1, -0.05) is 72.3 Å². The third-order valence-corrected chi connectivity index (χ3v) is 9.98. The van der Waals surface area contributed by atoms with Crippen LogP contribution >= 0.6 is 11.6 Å². The number of amides is 2. The Morgan fingerprint density at radius 1 is 0.776 bits per heavy atom. The molecule has 49 heavy (non-hydrogen) atoms. The molecule has 250 valence electrons. The van der Waals surface area contributed by atoms with E-state index < -0.39 is 0 Å². The largest absolute Gasteiger partial charge is 0.352 e. The number of hydrogen-bond acceptors (Lipinski definition) is 6. The number of rotatable bonds is 11. The first-order chi connectivity index (χ1) is 23.8. The van der Waals surface area contributed by atoms with Crippen LogP contribution in [0.1, 0.15) is 42.4 Å². The lowest BCUT2D eigenvalue weighted by Crippen LogP contribution is -2.36. The average Bonchev–Trinajstić information content (AvgIpc) is 3.73. The molecule has 0 saturated carbocycles. The van der Waals surface area contributed by atoms with Gasteiger partial charge in [0.25, 0.3) is 5.56 Å². The summed E-state index contributed by atoms with van der Waals surface area (Å²) >= 11 is 7.13. The molecule has 0 spiro atoms. The summed E-state index contributed by atoms with van der Waals surface area (Å²) in [5.74, 6) is 0.210. The van der Waals surface area contributed by atoms with Crippen LogP contribution in [0.15, 0.2) is 90.0 Å². The quantitative estimate of drug-likeness (QED) is 0.149. The van der Waals surface area contributed by atoms with E-state index in [1.807, 2.05) is 30.3 Å². The van der Waals surface area contributed by atoms with Gasteiger partial charge in [-0.25, -0.2) is 4.98 Å². The van der Waals surface area contributed by atoms with Crippen LogP contribution in [0, 0.1) is 6.92 Å². The van der Waals surface area contributed by atoms with Gasteiger partial charge in [-0.15, -0.1) is 0 Å². The van der Waals surface area contributed by atoms with E-state index in [1.165, 1.54) is 5.56 Å². The number of fused-ring (bicyclic) bond motifs is 1. The molecule has 2 saturated heterocycles. The maximum absolute atomic E-state index is 13.3. The lowest BCUT2D eigenvalue weighted by Gasteiger charge is -2.16. The molecule has 2 aromatic heterocycles. The summed E-state index contributed by atoms with van der Waals surface area (Å²) in [7, 11) is 0. The minimum absolute atomic E-state index is 0.0763. The number of nitrogens with one attached hydrogen (secondary N) is 4. The van der Waals surface area contributed by atoms with Gasteiger partial charge in [-0.05, 0) is 65.3 Å². The van der Waals surface area contributed by atoms with Gasteiger partial charge in [0.05, 0.1) is 5.02 Å². The molecule has 2 amide bonds. The highest BCUT2D eigenvalue weighted by Crippen LogP contribution is 2.40. The molecule has 9 nitrogen and oxygen atoms in total. The molecule has 2 atom stereocenters. The van der Waals surface area contributed by atoms with Gasteiger partial charge in [0.15, 0.2) is 0 Å². The van der Waals surface area contributed by atoms with E-state index in [0.29, 0.717) is 42.2 Å². The first-order valence-electron chi connectivity index (χ1n) is 16.8. The maximum atomic E-state index is 13.3. The highest BCUT2D eigenvalue weighted by atomic mass is 35.5. The molecule has 10 heteroatoms. The van der Waals surface area contributed by atoms with Crippen LogP contribution in [0.4, 0.5) is 0 Å². The van der Waals surface area contributed by atoms with Gasteiger partial charge in [-0.3, -0.25) is 18.8 Å². The maximum Gasteiger partial charge on any atom is 0.262 e. The molecule has 3 aromatic carbocycles. The van der Waals surface area contributed by atoms with E-state index >= 15 is 0 Å². The zero-order valence-electron chi connectivity index (χ0n) is 27.4. The fourth-order valence-electron chi connectivity index (χ4n) is 6.84. The van der Waals surface area contributed by atoms with Crippen molar-refractivity contribution in [2.24, 2.45) is 0 Å². The second-order valence-corrected chi connectivity index (χ2v) is 13.3. The van der Waals surface area contributed by atoms with Crippen LogP contribution in [0.2, 0.25) is 5.02 Å². The van der Waals surface area contributed by atoms with Crippen LogP contribution in [0.25, 0.3) is 39.0 Å². The number of nitrogens with zero attached hydrogens (tertiary/aromatic N) is 2. The molecule has 7 rings (SSSR count). The van der Waals surface area contributed by atoms with Crippen molar-refractivity contribution in [2.75, 3.05) is 13.1 Å². The molecule has 4 heterocycles. The van der Waals surface area contributed by atoms with Crippen LogP contribution in [-0.4, -0.2) is 46.4 Å². The molecular weight excluding hydrogens is 636 g/mol. The Morgan fingerprint density at radius 3 is 2.08 bits per heavy atom. The van der Waals surface area contributed by atoms with E-state index in [0.717, 1.165) is 64.9 Å². The molecule has 2 fully saturated rings. The normalized spacial score (nSPS) is 17.4. The van der Waals surface area contributed by atoms with E-state index in [-0.39, 0.29) is 29.5 Å². The summed E-state index contributed by atoms with van der Waals surface area (Å²) in [6, 6.07) is 25.0. The molecule has 2 aliphatic heterocycles. The molecule has 0 bridgehead atoms. The van der Waals surface area contributed by atoms with Crippen LogP contribution in [-0.2, 0) is 22.7 Å². The fourth-order valence-corrected chi connectivity index (χ4v) is 7.18. The minimum atomic E-state index is -0.114. The van der Waals surface area contributed by atoms with Crippen molar-refractivity contribution in [1.82, 2.24) is 30.7 Å². The summed E-state index contributed by atoms with van der Waals surface area (Å²) in [6.07, 6.45) is 6.27. The molecule has 2 aliphatic rings. The number of hydrogen-bond donors (Lipinski definition) is 4. The molecule has 4 N–H and O–H groups in total. The molecular formula is C39H39ClN6O3. The number of carbonyl (C=O) groups is 2. The summed E-state index contributed by atoms with van der Waals surface area (Å²) in [5.41, 5.74) is 9.26. The van der Waals surface area contributed by atoms with E-state index in [4.69, 9.17) is 11.6 Å². The van der Waals surface area contributed by atoms with E-state index in [9.17, 15) is 14.4 Å². The Morgan fingerprint density at radius 2 is 1.41 bits per heavy atom. The first kappa shape index (κ1) is 32.7. The second kappa shape index (κ2) is 14.3. The van der Waals surface area contributed by atoms with E-state index in [2.05, 4.69) is 75.6 Å². The summed E-state index contributed by atoms with van der Waals surface area (Å²) in [4.78, 5) is 40.8. The third-order valence-electron chi connectivity index (χ3n) is 9.58. The zero-order valence-corrected chi connectivity index (χ0v) is 28.1. The van der Waals surface area contributed by atoms with Gasteiger partial charge < -0.3 is 21.3 Å². The third kappa shape index (κ3) is 7.15. The van der Waals surface area contributed by atoms with Crippen LogP contribution in [0.3, 0.4) is 0 Å². The van der Waals surface area contributed by atoms with Crippen molar-refractivity contribution in [3.05, 3.63) is 117 Å². The van der Waals surface area contributed by atoms with E-state index in [1.54, 1.807) is 16.8 Å². The van der Waals surface area contributed by atoms with Crippen molar-refractivity contribution >= 4 is 29.1 Å². The number of carbonyl (C=O) groups excluding carboxylic acids is 2. The number of benzene rings is 3. The molecule has 5 aromatic rings. The Hall–Kier alpha value is -4.83.